The molecule has 1 saturated heterocycles. The SMILES string of the molecule is O=C(CCNc1ccc(F)cc1[N+](=O)[O-])N1CCOCC1. The molecule has 1 heterocycles. The van der Waals surface area contributed by atoms with Gasteiger partial charge >= 0.3 is 0 Å². The molecule has 1 aliphatic rings. The topological polar surface area (TPSA) is 84.7 Å². The molecule has 7 nitrogen and oxygen atoms in total. The fourth-order valence-corrected chi connectivity index (χ4v) is 2.08. The molecule has 1 aliphatic heterocycles. The molecule has 114 valence electrons. The third-order valence-electron chi connectivity index (χ3n) is 3.17. The van der Waals surface area contributed by atoms with E-state index in [-0.39, 0.29) is 30.2 Å². The number of amides is 1. The van der Waals surface area contributed by atoms with Crippen LogP contribution in [0.5, 0.6) is 0 Å². The first-order chi connectivity index (χ1) is 10.1. The highest BCUT2D eigenvalue weighted by Gasteiger charge is 2.18. The summed E-state index contributed by atoms with van der Waals surface area (Å²) in [6.45, 7) is 2.44. The van der Waals surface area contributed by atoms with Crippen LogP contribution in [0.15, 0.2) is 18.2 Å². The van der Waals surface area contributed by atoms with Gasteiger partial charge in [-0.25, -0.2) is 4.39 Å². The highest BCUT2D eigenvalue weighted by atomic mass is 19.1. The second kappa shape index (κ2) is 6.98. The van der Waals surface area contributed by atoms with E-state index in [9.17, 15) is 19.3 Å². The van der Waals surface area contributed by atoms with Crippen LogP contribution in [0.2, 0.25) is 0 Å². The summed E-state index contributed by atoms with van der Waals surface area (Å²) in [4.78, 5) is 23.8. The van der Waals surface area contributed by atoms with Crippen LogP contribution in [0.4, 0.5) is 15.8 Å². The number of anilines is 1. The minimum absolute atomic E-state index is 0.0319. The maximum atomic E-state index is 13.0. The molecule has 0 aromatic heterocycles. The van der Waals surface area contributed by atoms with Gasteiger partial charge in [0.25, 0.3) is 5.69 Å². The number of nitro groups is 1. The van der Waals surface area contributed by atoms with E-state index >= 15 is 0 Å². The summed E-state index contributed by atoms with van der Waals surface area (Å²) in [5.74, 6) is -0.702. The third kappa shape index (κ3) is 4.12. The maximum absolute atomic E-state index is 13.0. The van der Waals surface area contributed by atoms with Gasteiger partial charge in [-0.1, -0.05) is 0 Å². The lowest BCUT2D eigenvalue weighted by Gasteiger charge is -2.26. The number of nitro benzene ring substituents is 1. The highest BCUT2D eigenvalue weighted by molar-refractivity contribution is 5.77. The van der Waals surface area contributed by atoms with Crippen molar-refractivity contribution in [2.45, 2.75) is 6.42 Å². The van der Waals surface area contributed by atoms with E-state index in [1.807, 2.05) is 0 Å². The number of morpholine rings is 1. The second-order valence-corrected chi connectivity index (χ2v) is 4.59. The summed E-state index contributed by atoms with van der Waals surface area (Å²) in [6, 6.07) is 3.29. The minimum Gasteiger partial charge on any atom is -0.379 e. The van der Waals surface area contributed by atoms with Gasteiger partial charge in [0.2, 0.25) is 5.91 Å². The van der Waals surface area contributed by atoms with Gasteiger partial charge < -0.3 is 15.0 Å². The standard InChI is InChI=1S/C13H16FN3O4/c14-10-1-2-11(12(9-10)17(19)20)15-4-3-13(18)16-5-7-21-8-6-16/h1-2,9,15H,3-8H2. The van der Waals surface area contributed by atoms with Gasteiger partial charge in [-0.05, 0) is 12.1 Å². The van der Waals surface area contributed by atoms with Crippen LogP contribution in [0.3, 0.4) is 0 Å². The van der Waals surface area contributed by atoms with Crippen molar-refractivity contribution in [3.63, 3.8) is 0 Å². The number of ether oxygens (including phenoxy) is 1. The molecule has 1 aromatic carbocycles. The minimum atomic E-state index is -0.670. The zero-order valence-corrected chi connectivity index (χ0v) is 11.4. The Morgan fingerprint density at radius 3 is 2.81 bits per heavy atom. The summed E-state index contributed by atoms with van der Waals surface area (Å²) >= 11 is 0. The summed E-state index contributed by atoms with van der Waals surface area (Å²) in [5.41, 5.74) is -0.134. The van der Waals surface area contributed by atoms with Crippen LogP contribution in [0, 0.1) is 15.9 Å². The Hall–Kier alpha value is -2.22. The Bertz CT molecular complexity index is 532. The molecule has 1 fully saturated rings. The van der Waals surface area contributed by atoms with Crippen LogP contribution in [-0.4, -0.2) is 48.6 Å². The predicted molar refractivity (Wildman–Crippen MR) is 73.6 cm³/mol. The fraction of sp³-hybridized carbons (Fsp3) is 0.462. The zero-order chi connectivity index (χ0) is 15.2. The molecule has 0 spiro atoms. The monoisotopic (exact) mass is 297 g/mol. The largest absolute Gasteiger partial charge is 0.379 e. The average Bonchev–Trinajstić information content (AvgIpc) is 2.49. The van der Waals surface area contributed by atoms with Gasteiger partial charge in [-0.2, -0.15) is 0 Å². The summed E-state index contributed by atoms with van der Waals surface area (Å²) in [7, 11) is 0. The van der Waals surface area contributed by atoms with Crippen LogP contribution in [0.1, 0.15) is 6.42 Å². The average molecular weight is 297 g/mol. The third-order valence-corrected chi connectivity index (χ3v) is 3.17. The van der Waals surface area contributed by atoms with Crippen molar-refractivity contribution < 1.29 is 18.8 Å². The second-order valence-electron chi connectivity index (χ2n) is 4.59. The molecule has 0 saturated carbocycles. The number of nitrogens with zero attached hydrogens (tertiary/aromatic N) is 2. The molecular weight excluding hydrogens is 281 g/mol. The van der Waals surface area contributed by atoms with Crippen molar-refractivity contribution in [2.75, 3.05) is 38.2 Å². The molecule has 0 atom stereocenters. The Kier molecular flexibility index (Phi) is 5.04. The van der Waals surface area contributed by atoms with Crippen LogP contribution in [-0.2, 0) is 9.53 Å². The van der Waals surface area contributed by atoms with Crippen molar-refractivity contribution >= 4 is 17.3 Å². The summed E-state index contributed by atoms with van der Waals surface area (Å²) in [6.07, 6.45) is 0.217. The maximum Gasteiger partial charge on any atom is 0.295 e. The van der Waals surface area contributed by atoms with E-state index in [1.54, 1.807) is 4.90 Å². The number of nitrogens with one attached hydrogen (secondary N) is 1. The normalized spacial score (nSPS) is 14.8. The number of hydrogen-bond acceptors (Lipinski definition) is 5. The number of carbonyl (C=O) groups is 1. The summed E-state index contributed by atoms with van der Waals surface area (Å²) in [5, 5.41) is 13.6. The van der Waals surface area contributed by atoms with Crippen LogP contribution < -0.4 is 5.32 Å². The van der Waals surface area contributed by atoms with Crippen molar-refractivity contribution in [3.05, 3.63) is 34.1 Å². The van der Waals surface area contributed by atoms with Gasteiger partial charge in [0.1, 0.15) is 11.5 Å². The van der Waals surface area contributed by atoms with Gasteiger partial charge in [-0.3, -0.25) is 14.9 Å². The van der Waals surface area contributed by atoms with E-state index < -0.39 is 10.7 Å². The quantitative estimate of drug-likeness (QED) is 0.656. The van der Waals surface area contributed by atoms with Crippen molar-refractivity contribution in [1.82, 2.24) is 4.90 Å². The molecule has 0 bridgehead atoms. The number of rotatable bonds is 5. The lowest BCUT2D eigenvalue weighted by atomic mass is 10.2. The van der Waals surface area contributed by atoms with Crippen LogP contribution in [0.25, 0.3) is 0 Å². The fourth-order valence-electron chi connectivity index (χ4n) is 2.08. The van der Waals surface area contributed by atoms with Crippen LogP contribution >= 0.6 is 0 Å². The highest BCUT2D eigenvalue weighted by Crippen LogP contribution is 2.24. The Morgan fingerprint density at radius 1 is 1.43 bits per heavy atom. The van der Waals surface area contributed by atoms with Crippen molar-refractivity contribution in [2.24, 2.45) is 0 Å². The predicted octanol–water partition coefficient (Wildman–Crippen LogP) is 1.39. The molecule has 8 heteroatoms. The number of benzene rings is 1. The van der Waals surface area contributed by atoms with E-state index in [1.165, 1.54) is 6.07 Å². The van der Waals surface area contributed by atoms with Gasteiger partial charge in [0, 0.05) is 26.1 Å². The van der Waals surface area contributed by atoms with E-state index in [2.05, 4.69) is 5.32 Å². The first-order valence-corrected chi connectivity index (χ1v) is 6.61. The first kappa shape index (κ1) is 15.2. The van der Waals surface area contributed by atoms with Gasteiger partial charge in [0.05, 0.1) is 24.2 Å². The molecular formula is C13H16FN3O4. The summed E-state index contributed by atoms with van der Waals surface area (Å²) < 4.78 is 18.2. The number of carbonyl (C=O) groups excluding carboxylic acids is 1. The molecule has 1 N–H and O–H groups in total. The Labute approximate surface area is 120 Å². The molecule has 0 aliphatic carbocycles. The van der Waals surface area contributed by atoms with E-state index in [0.717, 1.165) is 12.1 Å². The molecule has 0 radical (unpaired) electrons. The Balaban J connectivity index is 1.88. The number of halogens is 1. The van der Waals surface area contributed by atoms with E-state index in [4.69, 9.17) is 4.74 Å². The molecule has 2 rings (SSSR count). The van der Waals surface area contributed by atoms with Gasteiger partial charge in [0.15, 0.2) is 0 Å². The van der Waals surface area contributed by atoms with Crippen molar-refractivity contribution in [1.29, 1.82) is 0 Å². The van der Waals surface area contributed by atoms with E-state index in [0.29, 0.717) is 26.3 Å². The van der Waals surface area contributed by atoms with Gasteiger partial charge in [-0.15, -0.1) is 0 Å². The molecule has 0 unspecified atom stereocenters. The molecule has 1 amide bonds. The lowest BCUT2D eigenvalue weighted by molar-refractivity contribution is -0.384. The Morgan fingerprint density at radius 2 is 2.14 bits per heavy atom. The van der Waals surface area contributed by atoms with Crippen molar-refractivity contribution in [3.8, 4) is 0 Å². The molecule has 1 aromatic rings. The zero-order valence-electron chi connectivity index (χ0n) is 11.4. The first-order valence-electron chi connectivity index (χ1n) is 6.61. The number of hydrogen-bond donors (Lipinski definition) is 1. The smallest absolute Gasteiger partial charge is 0.295 e. The lowest BCUT2D eigenvalue weighted by Crippen LogP contribution is -2.41. The molecule has 21 heavy (non-hydrogen) atoms.